The molecule has 1 aliphatic carbocycles. The zero-order valence-corrected chi connectivity index (χ0v) is 13.8. The molecule has 0 saturated heterocycles. The molecule has 0 spiro atoms. The van der Waals surface area contributed by atoms with Crippen LogP contribution in [0.5, 0.6) is 0 Å². The highest BCUT2D eigenvalue weighted by Crippen LogP contribution is 2.37. The van der Waals surface area contributed by atoms with Crippen LogP contribution in [0.4, 0.5) is 8.78 Å². The molecule has 128 valence electrons. The monoisotopic (exact) mass is 352 g/mol. The Kier molecular flexibility index (Phi) is 4.64. The van der Waals surface area contributed by atoms with E-state index in [0.29, 0.717) is 11.6 Å². The number of rotatable bonds is 3. The topological polar surface area (TPSA) is 73.1 Å². The molecule has 0 atom stereocenters. The van der Waals surface area contributed by atoms with Crippen molar-refractivity contribution in [1.82, 2.24) is 4.98 Å². The Morgan fingerprint density at radius 2 is 1.71 bits per heavy atom. The van der Waals surface area contributed by atoms with Crippen LogP contribution in [0.1, 0.15) is 43.6 Å². The van der Waals surface area contributed by atoms with E-state index in [1.165, 1.54) is 6.42 Å². The average Bonchev–Trinajstić information content (AvgIpc) is 2.53. The highest BCUT2D eigenvalue weighted by Gasteiger charge is 2.24. The van der Waals surface area contributed by atoms with Gasteiger partial charge in [-0.25, -0.2) is 22.3 Å². The molecule has 1 aliphatic rings. The third kappa shape index (κ3) is 3.32. The molecule has 1 heterocycles. The molecule has 1 saturated carbocycles. The van der Waals surface area contributed by atoms with Crippen molar-refractivity contribution in [2.24, 2.45) is 5.14 Å². The van der Waals surface area contributed by atoms with Gasteiger partial charge in [0.1, 0.15) is 11.6 Å². The number of pyridine rings is 1. The Bertz CT molecular complexity index is 840. The van der Waals surface area contributed by atoms with Crippen molar-refractivity contribution in [1.29, 1.82) is 0 Å². The van der Waals surface area contributed by atoms with Crippen LogP contribution in [0.2, 0.25) is 0 Å². The predicted molar refractivity (Wildman–Crippen MR) is 86.8 cm³/mol. The van der Waals surface area contributed by atoms with Crippen LogP contribution in [-0.2, 0) is 10.0 Å². The molecular weight excluding hydrogens is 334 g/mol. The Balaban J connectivity index is 2.10. The van der Waals surface area contributed by atoms with Crippen molar-refractivity contribution >= 4 is 10.0 Å². The summed E-state index contributed by atoms with van der Waals surface area (Å²) in [5.74, 6) is -2.10. The summed E-state index contributed by atoms with van der Waals surface area (Å²) in [4.78, 5) is 3.17. The van der Waals surface area contributed by atoms with E-state index in [4.69, 9.17) is 5.14 Å². The fraction of sp³-hybridized carbons (Fsp3) is 0.353. The number of primary sulfonamides is 1. The fourth-order valence-electron chi connectivity index (χ4n) is 3.37. The Morgan fingerprint density at radius 1 is 1.08 bits per heavy atom. The number of halogens is 2. The smallest absolute Gasteiger partial charge is 0.243 e. The standard InChI is InChI=1S/C17H18F2N2O2S/c18-14-9-12(10-15(19)17(14)24(20,22)23)16-13(7-4-8-21-16)11-5-2-1-3-6-11/h4,7-11H,1-3,5-6H2,(H2,20,22,23). The van der Waals surface area contributed by atoms with Gasteiger partial charge in [0.15, 0.2) is 4.90 Å². The first-order chi connectivity index (χ1) is 11.4. The van der Waals surface area contributed by atoms with E-state index in [9.17, 15) is 17.2 Å². The fourth-order valence-corrected chi connectivity index (χ4v) is 4.03. The lowest BCUT2D eigenvalue weighted by Gasteiger charge is -2.24. The first-order valence-corrected chi connectivity index (χ1v) is 9.39. The van der Waals surface area contributed by atoms with Gasteiger partial charge in [-0.05, 0) is 42.5 Å². The van der Waals surface area contributed by atoms with Crippen LogP contribution < -0.4 is 5.14 Å². The van der Waals surface area contributed by atoms with Crippen LogP contribution in [0.15, 0.2) is 35.4 Å². The quantitative estimate of drug-likeness (QED) is 0.915. The summed E-state index contributed by atoms with van der Waals surface area (Å²) in [5.41, 5.74) is 1.65. The van der Waals surface area contributed by atoms with Gasteiger partial charge < -0.3 is 0 Å². The Hall–Kier alpha value is -1.86. The van der Waals surface area contributed by atoms with Crippen LogP contribution in [0, 0.1) is 11.6 Å². The van der Waals surface area contributed by atoms with Crippen LogP contribution in [0.3, 0.4) is 0 Å². The molecule has 7 heteroatoms. The van der Waals surface area contributed by atoms with E-state index in [0.717, 1.165) is 43.4 Å². The van der Waals surface area contributed by atoms with Gasteiger partial charge in [0.2, 0.25) is 10.0 Å². The summed E-state index contributed by atoms with van der Waals surface area (Å²) in [7, 11) is -4.46. The molecule has 1 fully saturated rings. The molecular formula is C17H18F2N2O2S. The van der Waals surface area contributed by atoms with Crippen molar-refractivity contribution in [2.75, 3.05) is 0 Å². The summed E-state index contributed by atoms with van der Waals surface area (Å²) in [6.07, 6.45) is 7.01. The molecule has 1 aromatic carbocycles. The van der Waals surface area contributed by atoms with E-state index in [1.54, 1.807) is 12.3 Å². The number of sulfonamides is 1. The summed E-state index contributed by atoms with van der Waals surface area (Å²) >= 11 is 0. The summed E-state index contributed by atoms with van der Waals surface area (Å²) < 4.78 is 50.9. The van der Waals surface area contributed by atoms with Gasteiger partial charge in [-0.1, -0.05) is 25.3 Å². The molecule has 4 nitrogen and oxygen atoms in total. The maximum Gasteiger partial charge on any atom is 0.243 e. The highest BCUT2D eigenvalue weighted by atomic mass is 32.2. The largest absolute Gasteiger partial charge is 0.256 e. The van der Waals surface area contributed by atoms with Gasteiger partial charge in [-0.3, -0.25) is 4.98 Å². The van der Waals surface area contributed by atoms with Crippen molar-refractivity contribution in [2.45, 2.75) is 42.9 Å². The van der Waals surface area contributed by atoms with Crippen LogP contribution >= 0.6 is 0 Å². The minimum Gasteiger partial charge on any atom is -0.256 e. The predicted octanol–water partition coefficient (Wildman–Crippen LogP) is 3.72. The number of nitrogens with two attached hydrogens (primary N) is 1. The Morgan fingerprint density at radius 3 is 2.29 bits per heavy atom. The highest BCUT2D eigenvalue weighted by molar-refractivity contribution is 7.89. The van der Waals surface area contributed by atoms with Crippen molar-refractivity contribution in [3.05, 3.63) is 47.7 Å². The summed E-state index contributed by atoms with van der Waals surface area (Å²) in [6, 6.07) is 5.69. The van der Waals surface area contributed by atoms with Gasteiger partial charge >= 0.3 is 0 Å². The second kappa shape index (κ2) is 6.57. The molecule has 2 aromatic rings. The number of hydrogen-bond donors (Lipinski definition) is 1. The maximum atomic E-state index is 14.1. The van der Waals surface area contributed by atoms with E-state index in [2.05, 4.69) is 4.98 Å². The third-order valence-corrected chi connectivity index (χ3v) is 5.40. The lowest BCUT2D eigenvalue weighted by molar-refractivity contribution is 0.443. The number of nitrogens with zero attached hydrogens (tertiary/aromatic N) is 1. The molecule has 0 amide bonds. The second-order valence-corrected chi connectivity index (χ2v) is 7.59. The van der Waals surface area contributed by atoms with Crippen LogP contribution in [-0.4, -0.2) is 13.4 Å². The first kappa shape index (κ1) is 17.0. The lowest BCUT2D eigenvalue weighted by atomic mass is 9.82. The van der Waals surface area contributed by atoms with E-state index in [-0.39, 0.29) is 5.56 Å². The minimum atomic E-state index is -4.46. The van der Waals surface area contributed by atoms with Crippen molar-refractivity contribution < 1.29 is 17.2 Å². The second-order valence-electron chi connectivity index (χ2n) is 6.09. The normalized spacial score (nSPS) is 16.3. The molecule has 24 heavy (non-hydrogen) atoms. The molecule has 3 rings (SSSR count). The zero-order chi connectivity index (χ0) is 17.3. The molecule has 2 N–H and O–H groups in total. The SMILES string of the molecule is NS(=O)(=O)c1c(F)cc(-c2ncccc2C2CCCCC2)cc1F. The molecule has 0 radical (unpaired) electrons. The van der Waals surface area contributed by atoms with Gasteiger partial charge in [0, 0.05) is 11.8 Å². The molecule has 1 aromatic heterocycles. The third-order valence-electron chi connectivity index (χ3n) is 4.44. The van der Waals surface area contributed by atoms with Crippen molar-refractivity contribution in [3.8, 4) is 11.3 Å². The maximum absolute atomic E-state index is 14.1. The summed E-state index contributed by atoms with van der Waals surface area (Å²) in [5, 5.41) is 4.87. The Labute approximate surface area is 139 Å². The minimum absolute atomic E-state index is 0.221. The van der Waals surface area contributed by atoms with E-state index >= 15 is 0 Å². The van der Waals surface area contributed by atoms with Gasteiger partial charge in [-0.15, -0.1) is 0 Å². The van der Waals surface area contributed by atoms with E-state index < -0.39 is 26.6 Å². The van der Waals surface area contributed by atoms with Crippen molar-refractivity contribution in [3.63, 3.8) is 0 Å². The van der Waals surface area contributed by atoms with Crippen LogP contribution in [0.25, 0.3) is 11.3 Å². The number of aromatic nitrogens is 1. The lowest BCUT2D eigenvalue weighted by Crippen LogP contribution is -2.16. The number of benzene rings is 1. The van der Waals surface area contributed by atoms with E-state index in [1.807, 2.05) is 6.07 Å². The number of hydrogen-bond acceptors (Lipinski definition) is 3. The molecule has 0 unspecified atom stereocenters. The summed E-state index contributed by atoms with van der Waals surface area (Å²) in [6.45, 7) is 0. The van der Waals surface area contributed by atoms with Gasteiger partial charge in [0.05, 0.1) is 5.69 Å². The first-order valence-electron chi connectivity index (χ1n) is 7.85. The van der Waals surface area contributed by atoms with Gasteiger partial charge in [0.25, 0.3) is 0 Å². The molecule has 0 aliphatic heterocycles. The average molecular weight is 352 g/mol. The molecule has 0 bridgehead atoms. The zero-order valence-electron chi connectivity index (χ0n) is 13.0. The van der Waals surface area contributed by atoms with Gasteiger partial charge in [-0.2, -0.15) is 0 Å².